The third-order valence-corrected chi connectivity index (χ3v) is 4.03. The molecule has 0 aliphatic rings. The van der Waals surface area contributed by atoms with Gasteiger partial charge < -0.3 is 19.0 Å². The molecule has 1 rings (SSSR count). The molecule has 0 unspecified atom stereocenters. The summed E-state index contributed by atoms with van der Waals surface area (Å²) in [6.45, 7) is 2.16. The zero-order chi connectivity index (χ0) is 17.9. The third-order valence-electron chi connectivity index (χ3n) is 4.03. The number of carbonyl (C=O) groups is 2. The number of hydrogen-bond acceptors (Lipinski definition) is 5. The SMILES string of the molecule is CCCCCCCC(=O)c1cc(OC)c(OC)c(OC)c1CC=O. The van der Waals surface area contributed by atoms with E-state index >= 15 is 0 Å². The summed E-state index contributed by atoms with van der Waals surface area (Å²) >= 11 is 0. The van der Waals surface area contributed by atoms with Crippen molar-refractivity contribution in [1.82, 2.24) is 0 Å². The number of benzene rings is 1. The third kappa shape index (κ3) is 4.98. The molecule has 0 aliphatic carbocycles. The van der Waals surface area contributed by atoms with Gasteiger partial charge in [-0.1, -0.05) is 32.6 Å². The molecule has 1 aromatic rings. The topological polar surface area (TPSA) is 61.8 Å². The van der Waals surface area contributed by atoms with Gasteiger partial charge in [0, 0.05) is 24.0 Å². The first-order valence-electron chi connectivity index (χ1n) is 8.43. The number of aldehydes is 1. The van der Waals surface area contributed by atoms with E-state index in [4.69, 9.17) is 14.2 Å². The lowest BCUT2D eigenvalue weighted by Crippen LogP contribution is -2.09. The highest BCUT2D eigenvalue weighted by Gasteiger charge is 2.23. The van der Waals surface area contributed by atoms with Crippen LogP contribution in [0.2, 0.25) is 0 Å². The van der Waals surface area contributed by atoms with E-state index in [0.29, 0.717) is 34.8 Å². The Morgan fingerprint density at radius 3 is 2.21 bits per heavy atom. The van der Waals surface area contributed by atoms with Crippen molar-refractivity contribution in [2.24, 2.45) is 0 Å². The van der Waals surface area contributed by atoms with Crippen LogP contribution in [0.5, 0.6) is 17.2 Å². The minimum Gasteiger partial charge on any atom is -0.493 e. The van der Waals surface area contributed by atoms with E-state index in [1.165, 1.54) is 34.2 Å². The van der Waals surface area contributed by atoms with Crippen LogP contribution in [0.1, 0.15) is 61.4 Å². The van der Waals surface area contributed by atoms with E-state index in [9.17, 15) is 9.59 Å². The maximum atomic E-state index is 12.6. The van der Waals surface area contributed by atoms with Gasteiger partial charge in [-0.25, -0.2) is 0 Å². The second-order valence-corrected chi connectivity index (χ2v) is 5.63. The predicted octanol–water partition coefficient (Wildman–Crippen LogP) is 4.00. The average Bonchev–Trinajstić information content (AvgIpc) is 2.60. The van der Waals surface area contributed by atoms with Crippen molar-refractivity contribution in [1.29, 1.82) is 0 Å². The molecular formula is C19H28O5. The molecule has 5 nitrogen and oxygen atoms in total. The fourth-order valence-electron chi connectivity index (χ4n) is 2.77. The van der Waals surface area contributed by atoms with Crippen LogP contribution in [-0.4, -0.2) is 33.4 Å². The van der Waals surface area contributed by atoms with Gasteiger partial charge in [-0.3, -0.25) is 4.79 Å². The number of ketones is 1. The molecule has 0 N–H and O–H groups in total. The molecule has 0 amide bonds. The lowest BCUT2D eigenvalue weighted by Gasteiger charge is -2.18. The monoisotopic (exact) mass is 336 g/mol. The van der Waals surface area contributed by atoms with E-state index in [1.807, 2.05) is 0 Å². The quantitative estimate of drug-likeness (QED) is 0.328. The maximum Gasteiger partial charge on any atom is 0.203 e. The average molecular weight is 336 g/mol. The van der Waals surface area contributed by atoms with Gasteiger partial charge in [0.15, 0.2) is 17.3 Å². The normalized spacial score (nSPS) is 10.3. The van der Waals surface area contributed by atoms with Crippen LogP contribution in [0.4, 0.5) is 0 Å². The Labute approximate surface area is 144 Å². The lowest BCUT2D eigenvalue weighted by atomic mass is 9.95. The largest absolute Gasteiger partial charge is 0.493 e. The molecule has 0 radical (unpaired) electrons. The van der Waals surface area contributed by atoms with E-state index < -0.39 is 0 Å². The fourth-order valence-corrected chi connectivity index (χ4v) is 2.77. The molecule has 0 bridgehead atoms. The van der Waals surface area contributed by atoms with E-state index in [0.717, 1.165) is 25.5 Å². The fraction of sp³-hybridized carbons (Fsp3) is 0.579. The minimum absolute atomic E-state index is 0.00241. The van der Waals surface area contributed by atoms with Crippen LogP contribution >= 0.6 is 0 Å². The molecule has 0 aromatic heterocycles. The molecule has 5 heteroatoms. The Bertz CT molecular complexity index is 551. The van der Waals surface area contributed by atoms with Crippen LogP contribution in [0, 0.1) is 0 Å². The molecular weight excluding hydrogens is 308 g/mol. The molecule has 134 valence electrons. The summed E-state index contributed by atoms with van der Waals surface area (Å²) in [6.07, 6.45) is 6.69. The van der Waals surface area contributed by atoms with Gasteiger partial charge >= 0.3 is 0 Å². The smallest absolute Gasteiger partial charge is 0.203 e. The first kappa shape index (κ1) is 20.0. The second-order valence-electron chi connectivity index (χ2n) is 5.63. The van der Waals surface area contributed by atoms with Crippen molar-refractivity contribution in [3.63, 3.8) is 0 Å². The highest BCUT2D eigenvalue weighted by atomic mass is 16.5. The summed E-state index contributed by atoms with van der Waals surface area (Å²) in [5.41, 5.74) is 1.04. The molecule has 0 aliphatic heterocycles. The summed E-state index contributed by atoms with van der Waals surface area (Å²) < 4.78 is 16.0. The van der Waals surface area contributed by atoms with E-state index in [2.05, 4.69) is 6.92 Å². The summed E-state index contributed by atoms with van der Waals surface area (Å²) in [7, 11) is 4.50. The molecule has 0 fully saturated rings. The first-order chi connectivity index (χ1) is 11.6. The predicted molar refractivity (Wildman–Crippen MR) is 93.6 cm³/mol. The number of unbranched alkanes of at least 4 members (excludes halogenated alkanes) is 4. The van der Waals surface area contributed by atoms with Gasteiger partial charge in [0.1, 0.15) is 6.29 Å². The van der Waals surface area contributed by atoms with Gasteiger partial charge in [0.25, 0.3) is 0 Å². The van der Waals surface area contributed by atoms with Crippen molar-refractivity contribution >= 4 is 12.1 Å². The molecule has 0 heterocycles. The van der Waals surface area contributed by atoms with Crippen LogP contribution < -0.4 is 14.2 Å². The van der Waals surface area contributed by atoms with Crippen molar-refractivity contribution in [2.45, 2.75) is 51.9 Å². The van der Waals surface area contributed by atoms with Crippen molar-refractivity contribution in [2.75, 3.05) is 21.3 Å². The molecule has 24 heavy (non-hydrogen) atoms. The number of ether oxygens (including phenoxy) is 3. The molecule has 0 atom stereocenters. The van der Waals surface area contributed by atoms with Crippen LogP contribution in [0.3, 0.4) is 0 Å². The number of hydrogen-bond donors (Lipinski definition) is 0. The Hall–Kier alpha value is -2.04. The number of Topliss-reactive ketones (excluding diaryl/α,β-unsaturated/α-hetero) is 1. The van der Waals surface area contributed by atoms with Crippen molar-refractivity contribution in [3.8, 4) is 17.2 Å². The number of methoxy groups -OCH3 is 3. The Morgan fingerprint density at radius 1 is 1.00 bits per heavy atom. The Kier molecular flexibility index (Phi) is 8.90. The summed E-state index contributed by atoms with van der Waals surface area (Å²) in [6, 6.07) is 1.65. The summed E-state index contributed by atoms with van der Waals surface area (Å²) in [5.74, 6) is 1.22. The van der Waals surface area contributed by atoms with E-state index in [1.54, 1.807) is 6.07 Å². The lowest BCUT2D eigenvalue weighted by molar-refractivity contribution is -0.107. The highest BCUT2D eigenvalue weighted by molar-refractivity contribution is 5.99. The van der Waals surface area contributed by atoms with Gasteiger partial charge in [-0.15, -0.1) is 0 Å². The van der Waals surface area contributed by atoms with E-state index in [-0.39, 0.29) is 12.2 Å². The molecule has 0 saturated carbocycles. The van der Waals surface area contributed by atoms with Gasteiger partial charge in [0.2, 0.25) is 5.75 Å². The maximum absolute atomic E-state index is 12.6. The van der Waals surface area contributed by atoms with Crippen LogP contribution in [0.25, 0.3) is 0 Å². The molecule has 0 saturated heterocycles. The first-order valence-corrected chi connectivity index (χ1v) is 8.43. The van der Waals surface area contributed by atoms with Crippen molar-refractivity contribution < 1.29 is 23.8 Å². The van der Waals surface area contributed by atoms with Gasteiger partial charge in [-0.05, 0) is 12.5 Å². The summed E-state index contributed by atoms with van der Waals surface area (Å²) in [4.78, 5) is 23.7. The Morgan fingerprint density at radius 2 is 1.67 bits per heavy atom. The number of rotatable bonds is 12. The molecule has 1 aromatic carbocycles. The molecule has 0 spiro atoms. The Balaban J connectivity index is 3.10. The second kappa shape index (κ2) is 10.7. The van der Waals surface area contributed by atoms with Crippen LogP contribution in [0.15, 0.2) is 6.07 Å². The highest BCUT2D eigenvalue weighted by Crippen LogP contribution is 2.42. The zero-order valence-corrected chi connectivity index (χ0v) is 15.1. The summed E-state index contributed by atoms with van der Waals surface area (Å²) in [5, 5.41) is 0. The minimum atomic E-state index is 0.00241. The van der Waals surface area contributed by atoms with Gasteiger partial charge in [-0.2, -0.15) is 0 Å². The zero-order valence-electron chi connectivity index (χ0n) is 15.1. The van der Waals surface area contributed by atoms with Crippen LogP contribution in [-0.2, 0) is 11.2 Å². The standard InChI is InChI=1S/C19H28O5/c1-5-6-7-8-9-10-16(21)15-13-17(22-2)19(24-4)18(23-3)14(15)11-12-20/h12-13H,5-11H2,1-4H3. The van der Waals surface area contributed by atoms with Crippen molar-refractivity contribution in [3.05, 3.63) is 17.2 Å². The number of carbonyl (C=O) groups excluding carboxylic acids is 2. The van der Waals surface area contributed by atoms with Gasteiger partial charge in [0.05, 0.1) is 21.3 Å².